The molecular weight excluding hydrogens is 700 g/mol. The van der Waals surface area contributed by atoms with E-state index in [1.165, 1.54) is 89.9 Å². The molecule has 1 aliphatic heterocycles. The van der Waals surface area contributed by atoms with Crippen molar-refractivity contribution in [1.82, 2.24) is 0 Å². The molecule has 2 unspecified atom stereocenters. The van der Waals surface area contributed by atoms with E-state index in [1.54, 1.807) is 0 Å². The molecule has 6 atom stereocenters. The Morgan fingerprint density at radius 2 is 1.04 bits per heavy atom. The summed E-state index contributed by atoms with van der Waals surface area (Å²) in [7, 11) is 0. The van der Waals surface area contributed by atoms with Crippen molar-refractivity contribution in [2.75, 3.05) is 19.8 Å². The highest BCUT2D eigenvalue weighted by molar-refractivity contribution is 5.70. The van der Waals surface area contributed by atoms with E-state index in [0.717, 1.165) is 64.2 Å². The first-order valence-electron chi connectivity index (χ1n) is 22.4. The first-order valence-corrected chi connectivity index (χ1v) is 22.4. The number of aliphatic hydroxyl groups excluding tert-OH is 4. The van der Waals surface area contributed by atoms with Gasteiger partial charge in [0, 0.05) is 12.8 Å². The monoisotopic (exact) mass is 783 g/mol. The standard InChI is InChI=1S/C45H82O10/c1-3-5-7-9-11-13-15-17-19-20-22-24-26-28-30-32-34-41(48)54-38(37-53-45-44(51)43(50)42(49)39(35-46)55-45)36-52-40(47)33-31-29-27-25-23-21-18-16-14-12-10-8-6-4-2/h10,12,16,18,38-39,42-46,49-51H,3-9,11,13-15,17,19-37H2,1-2H3/b12-10+,18-16+/t38-,39-,42+,43?,44?,45-/m1/s1. The van der Waals surface area contributed by atoms with Crippen LogP contribution in [0.3, 0.4) is 0 Å². The Kier molecular flexibility index (Phi) is 34.0. The van der Waals surface area contributed by atoms with Crippen LogP contribution < -0.4 is 0 Å². The maximum absolute atomic E-state index is 12.8. The maximum atomic E-state index is 12.8. The van der Waals surface area contributed by atoms with Gasteiger partial charge in [0.25, 0.3) is 0 Å². The molecule has 1 rings (SSSR count). The Morgan fingerprint density at radius 3 is 1.56 bits per heavy atom. The highest BCUT2D eigenvalue weighted by Gasteiger charge is 2.44. The molecule has 322 valence electrons. The summed E-state index contributed by atoms with van der Waals surface area (Å²) < 4.78 is 22.1. The lowest BCUT2D eigenvalue weighted by Crippen LogP contribution is -2.59. The van der Waals surface area contributed by atoms with E-state index in [0.29, 0.717) is 12.8 Å². The molecule has 55 heavy (non-hydrogen) atoms. The van der Waals surface area contributed by atoms with Crippen molar-refractivity contribution in [2.45, 2.75) is 230 Å². The van der Waals surface area contributed by atoms with E-state index in [1.807, 2.05) is 0 Å². The number of esters is 2. The predicted octanol–water partition coefficient (Wildman–Crippen LogP) is 9.33. The quantitative estimate of drug-likeness (QED) is 0.0273. The molecule has 0 aromatic carbocycles. The third-order valence-corrected chi connectivity index (χ3v) is 10.3. The van der Waals surface area contributed by atoms with E-state index < -0.39 is 49.4 Å². The number of allylic oxidation sites excluding steroid dienone is 4. The van der Waals surface area contributed by atoms with Gasteiger partial charge in [-0.3, -0.25) is 9.59 Å². The smallest absolute Gasteiger partial charge is 0.306 e. The lowest BCUT2D eigenvalue weighted by Gasteiger charge is -2.39. The number of carbonyl (C=O) groups excluding carboxylic acids is 2. The van der Waals surface area contributed by atoms with Gasteiger partial charge in [0.2, 0.25) is 0 Å². The average molecular weight is 783 g/mol. The van der Waals surface area contributed by atoms with Crippen molar-refractivity contribution >= 4 is 11.9 Å². The minimum absolute atomic E-state index is 0.221. The van der Waals surface area contributed by atoms with Gasteiger partial charge in [-0.05, 0) is 38.5 Å². The highest BCUT2D eigenvalue weighted by Crippen LogP contribution is 2.23. The predicted molar refractivity (Wildman–Crippen MR) is 219 cm³/mol. The fourth-order valence-electron chi connectivity index (χ4n) is 6.73. The Morgan fingerprint density at radius 1 is 0.564 bits per heavy atom. The second-order valence-corrected chi connectivity index (χ2v) is 15.5. The molecule has 1 saturated heterocycles. The molecule has 0 spiro atoms. The zero-order valence-corrected chi connectivity index (χ0v) is 34.9. The molecule has 1 aliphatic rings. The van der Waals surface area contributed by atoms with Crippen LogP contribution in [0.2, 0.25) is 0 Å². The molecule has 1 fully saturated rings. The van der Waals surface area contributed by atoms with Crippen molar-refractivity contribution < 1.29 is 49.0 Å². The lowest BCUT2D eigenvalue weighted by atomic mass is 9.99. The molecule has 10 nitrogen and oxygen atoms in total. The van der Waals surface area contributed by atoms with Crippen molar-refractivity contribution in [3.8, 4) is 0 Å². The molecule has 0 aromatic rings. The molecule has 1 heterocycles. The molecule has 0 aliphatic carbocycles. The number of rotatable bonds is 37. The number of hydrogen-bond acceptors (Lipinski definition) is 10. The van der Waals surface area contributed by atoms with Crippen molar-refractivity contribution in [2.24, 2.45) is 0 Å². The normalized spacial score (nSPS) is 20.7. The molecule has 0 bridgehead atoms. The molecule has 4 N–H and O–H groups in total. The summed E-state index contributed by atoms with van der Waals surface area (Å²) >= 11 is 0. The summed E-state index contributed by atoms with van der Waals surface area (Å²) in [4.78, 5) is 25.3. The summed E-state index contributed by atoms with van der Waals surface area (Å²) in [5.41, 5.74) is 0. The van der Waals surface area contributed by atoms with Gasteiger partial charge in [-0.25, -0.2) is 0 Å². The summed E-state index contributed by atoms with van der Waals surface area (Å²) in [6, 6.07) is 0. The summed E-state index contributed by atoms with van der Waals surface area (Å²) in [6.45, 7) is 3.38. The van der Waals surface area contributed by atoms with E-state index in [2.05, 4.69) is 38.2 Å². The summed E-state index contributed by atoms with van der Waals surface area (Å²) in [5, 5.41) is 40.0. The van der Waals surface area contributed by atoms with Gasteiger partial charge >= 0.3 is 11.9 Å². The van der Waals surface area contributed by atoms with Crippen LogP contribution in [0.25, 0.3) is 0 Å². The Hall–Kier alpha value is -1.82. The number of aliphatic hydroxyl groups is 4. The van der Waals surface area contributed by atoms with Crippen LogP contribution >= 0.6 is 0 Å². The van der Waals surface area contributed by atoms with Crippen LogP contribution in [-0.4, -0.2) is 89.0 Å². The number of hydrogen-bond donors (Lipinski definition) is 4. The van der Waals surface area contributed by atoms with Crippen LogP contribution in [-0.2, 0) is 28.5 Å². The van der Waals surface area contributed by atoms with Gasteiger partial charge in [0.15, 0.2) is 12.4 Å². The van der Waals surface area contributed by atoms with Gasteiger partial charge in [0.05, 0.1) is 13.2 Å². The number of carbonyl (C=O) groups is 2. The second kappa shape index (κ2) is 36.5. The molecule has 0 aromatic heterocycles. The summed E-state index contributed by atoms with van der Waals surface area (Å²) in [6.07, 6.45) is 31.8. The van der Waals surface area contributed by atoms with Crippen molar-refractivity contribution in [3.05, 3.63) is 24.3 Å². The van der Waals surface area contributed by atoms with Crippen LogP contribution in [0, 0.1) is 0 Å². The Balaban J connectivity index is 2.33. The highest BCUT2D eigenvalue weighted by atomic mass is 16.7. The van der Waals surface area contributed by atoms with E-state index in [9.17, 15) is 30.0 Å². The van der Waals surface area contributed by atoms with Gasteiger partial charge in [-0.1, -0.05) is 167 Å². The molecule has 0 radical (unpaired) electrons. The maximum Gasteiger partial charge on any atom is 0.306 e. The zero-order valence-electron chi connectivity index (χ0n) is 34.9. The largest absolute Gasteiger partial charge is 0.462 e. The number of ether oxygens (including phenoxy) is 4. The Bertz CT molecular complexity index is 954. The Labute approximate surface area is 334 Å². The van der Waals surface area contributed by atoms with Crippen LogP contribution in [0.4, 0.5) is 0 Å². The first-order chi connectivity index (χ1) is 26.8. The van der Waals surface area contributed by atoms with Gasteiger partial charge < -0.3 is 39.4 Å². The topological polar surface area (TPSA) is 152 Å². The SMILES string of the molecule is CCCC/C=C/C/C=C/CCCCCCCC(=O)OC[C@H](CO[C@@H]1O[C@H](CO)[C@H](O)C(O)C1O)OC(=O)CCCCCCCCCCCCCCCCCC. The van der Waals surface area contributed by atoms with Gasteiger partial charge in [-0.15, -0.1) is 0 Å². The van der Waals surface area contributed by atoms with Crippen molar-refractivity contribution in [3.63, 3.8) is 0 Å². The zero-order chi connectivity index (χ0) is 40.2. The average Bonchev–Trinajstić information content (AvgIpc) is 3.18. The van der Waals surface area contributed by atoms with Crippen LogP contribution in [0.15, 0.2) is 24.3 Å². The first kappa shape index (κ1) is 51.2. The second-order valence-electron chi connectivity index (χ2n) is 15.5. The fraction of sp³-hybridized carbons (Fsp3) is 0.867. The van der Waals surface area contributed by atoms with Crippen LogP contribution in [0.5, 0.6) is 0 Å². The van der Waals surface area contributed by atoms with E-state index >= 15 is 0 Å². The molecule has 10 heteroatoms. The summed E-state index contributed by atoms with van der Waals surface area (Å²) in [5.74, 6) is -0.816. The van der Waals surface area contributed by atoms with Crippen molar-refractivity contribution in [1.29, 1.82) is 0 Å². The van der Waals surface area contributed by atoms with E-state index in [-0.39, 0.29) is 32.0 Å². The number of unbranched alkanes of at least 4 members (excludes halogenated alkanes) is 22. The molecule has 0 saturated carbocycles. The lowest BCUT2D eigenvalue weighted by molar-refractivity contribution is -0.305. The fourth-order valence-corrected chi connectivity index (χ4v) is 6.73. The third kappa shape index (κ3) is 28.3. The van der Waals surface area contributed by atoms with Gasteiger partial charge in [0.1, 0.15) is 31.0 Å². The molecule has 0 amide bonds. The van der Waals surface area contributed by atoms with E-state index in [4.69, 9.17) is 18.9 Å². The third-order valence-electron chi connectivity index (χ3n) is 10.3. The van der Waals surface area contributed by atoms with Crippen LogP contribution in [0.1, 0.15) is 194 Å². The minimum atomic E-state index is -1.59. The molecular formula is C45H82O10. The minimum Gasteiger partial charge on any atom is -0.462 e. The van der Waals surface area contributed by atoms with Gasteiger partial charge in [-0.2, -0.15) is 0 Å².